The highest BCUT2D eigenvalue weighted by Crippen LogP contribution is 2.50. The number of rotatable bonds is 17. The zero-order chi connectivity index (χ0) is 35.5. The molecule has 270 valence electrons. The summed E-state index contributed by atoms with van der Waals surface area (Å²) < 4.78 is 21.2. The van der Waals surface area contributed by atoms with Gasteiger partial charge in [0.2, 0.25) is 0 Å². The number of aromatic nitrogens is 6. The number of nitrogens with zero attached hydrogens (tertiary/aromatic N) is 6. The van der Waals surface area contributed by atoms with E-state index in [0.717, 1.165) is 82.1 Å². The van der Waals surface area contributed by atoms with Crippen molar-refractivity contribution >= 4 is 33.4 Å². The minimum atomic E-state index is -1.28. The molecule has 0 saturated heterocycles. The molecule has 50 heavy (non-hydrogen) atoms. The average molecular weight is 716 g/mol. The van der Waals surface area contributed by atoms with Crippen LogP contribution < -0.4 is 4.90 Å². The van der Waals surface area contributed by atoms with Crippen LogP contribution in [0.1, 0.15) is 56.2 Å². The first-order chi connectivity index (χ1) is 23.9. The van der Waals surface area contributed by atoms with Crippen molar-refractivity contribution in [2.45, 2.75) is 96.3 Å². The summed E-state index contributed by atoms with van der Waals surface area (Å²) in [4.78, 5) is 20.0. The summed E-state index contributed by atoms with van der Waals surface area (Å²) in [5.74, 6) is 4.02. The van der Waals surface area contributed by atoms with E-state index in [0.29, 0.717) is 45.0 Å². The monoisotopic (exact) mass is 715 g/mol. The molecular formula is C38H57N7O3Si2. The maximum absolute atomic E-state index is 6.48. The topological polar surface area (TPSA) is 103 Å². The van der Waals surface area contributed by atoms with Crippen LogP contribution in [-0.4, -0.2) is 79.0 Å². The van der Waals surface area contributed by atoms with Gasteiger partial charge in [0, 0.05) is 65.0 Å². The van der Waals surface area contributed by atoms with Crippen LogP contribution in [0, 0.1) is 11.8 Å². The molecule has 4 heterocycles. The summed E-state index contributed by atoms with van der Waals surface area (Å²) in [6.07, 6.45) is 13.6. The van der Waals surface area contributed by atoms with Crippen molar-refractivity contribution in [3.63, 3.8) is 0 Å². The Balaban J connectivity index is 1.48. The van der Waals surface area contributed by atoms with E-state index in [9.17, 15) is 0 Å². The lowest BCUT2D eigenvalue weighted by molar-refractivity contribution is 0.0941. The van der Waals surface area contributed by atoms with E-state index in [1.807, 2.05) is 36.1 Å². The van der Waals surface area contributed by atoms with Crippen molar-refractivity contribution in [2.24, 2.45) is 11.8 Å². The van der Waals surface area contributed by atoms with Gasteiger partial charge in [-0.1, -0.05) is 64.8 Å². The first kappa shape index (κ1) is 36.5. The fourth-order valence-corrected chi connectivity index (χ4v) is 8.91. The standard InChI is InChI=1S/C38H57N7O3Si2/c1-9-48-27(2)34-35(31-21-28-10-11-29(20-28)22-31)43-37-32(30-12-13-33(41-23-30)36-39-14-15-40-36)24-42-45(37)38(34)44(25-46-16-18-49(3,4)5)26-47-17-19-50(6,7)8/h12-15,23-24,28-29,31H,2,9-11,16-22,25-26H2,1,3-8H3,(H,39,40)/t28-,29+,31+. The first-order valence-electron chi connectivity index (χ1n) is 18.5. The lowest BCUT2D eigenvalue weighted by Crippen LogP contribution is -2.34. The van der Waals surface area contributed by atoms with E-state index in [1.165, 1.54) is 19.3 Å². The van der Waals surface area contributed by atoms with E-state index in [1.54, 1.807) is 6.20 Å². The summed E-state index contributed by atoms with van der Waals surface area (Å²) >= 11 is 0. The van der Waals surface area contributed by atoms with Crippen LogP contribution in [-0.2, 0) is 14.2 Å². The zero-order valence-corrected chi connectivity index (χ0v) is 33.3. The molecule has 2 fully saturated rings. The SMILES string of the molecule is C=C(OCC)c1c([C@H]2C[C@@H]3CC[C@@H](C3)C2)nc2c(-c3ccc(-c4ncc[nH]4)nc3)cnn2c1N(COCC[Si](C)(C)C)COCC[Si](C)(C)C. The van der Waals surface area contributed by atoms with Crippen LogP contribution in [0.15, 0.2) is 43.5 Å². The van der Waals surface area contributed by atoms with Gasteiger partial charge >= 0.3 is 0 Å². The van der Waals surface area contributed by atoms with E-state index in [-0.39, 0.29) is 0 Å². The second-order valence-electron chi connectivity index (χ2n) is 16.7. The van der Waals surface area contributed by atoms with Gasteiger partial charge in [-0.25, -0.2) is 9.97 Å². The smallest absolute Gasteiger partial charge is 0.165 e. The Kier molecular flexibility index (Phi) is 11.3. The normalized spacial score (nSPS) is 19.3. The molecule has 2 bridgehead atoms. The van der Waals surface area contributed by atoms with Gasteiger partial charge in [-0.15, -0.1) is 0 Å². The highest BCUT2D eigenvalue weighted by molar-refractivity contribution is 6.76. The Morgan fingerprint density at radius 1 is 0.940 bits per heavy atom. The number of imidazole rings is 1. The van der Waals surface area contributed by atoms with Gasteiger partial charge < -0.3 is 24.1 Å². The zero-order valence-electron chi connectivity index (χ0n) is 31.3. The van der Waals surface area contributed by atoms with Gasteiger partial charge in [0.15, 0.2) is 11.5 Å². The molecule has 3 atom stereocenters. The minimum Gasteiger partial charge on any atom is -0.494 e. The Morgan fingerprint density at radius 3 is 2.18 bits per heavy atom. The Labute approximate surface area is 300 Å². The van der Waals surface area contributed by atoms with Crippen LogP contribution in [0.3, 0.4) is 0 Å². The predicted octanol–water partition coefficient (Wildman–Crippen LogP) is 8.91. The molecule has 0 unspecified atom stereocenters. The molecule has 0 aromatic carbocycles. The summed E-state index contributed by atoms with van der Waals surface area (Å²) in [6.45, 7) is 23.5. The summed E-state index contributed by atoms with van der Waals surface area (Å²) in [6, 6.07) is 6.25. The van der Waals surface area contributed by atoms with Gasteiger partial charge in [0.25, 0.3) is 0 Å². The van der Waals surface area contributed by atoms with Crippen molar-refractivity contribution in [1.82, 2.24) is 29.5 Å². The largest absolute Gasteiger partial charge is 0.494 e. The lowest BCUT2D eigenvalue weighted by atomic mass is 9.78. The molecule has 0 spiro atoms. The van der Waals surface area contributed by atoms with Gasteiger partial charge in [-0.2, -0.15) is 9.61 Å². The lowest BCUT2D eigenvalue weighted by Gasteiger charge is -2.33. The molecule has 4 aromatic heterocycles. The molecular weight excluding hydrogens is 659 g/mol. The molecule has 2 aliphatic carbocycles. The molecule has 0 radical (unpaired) electrons. The molecule has 2 aliphatic rings. The fourth-order valence-electron chi connectivity index (χ4n) is 7.40. The Bertz CT molecular complexity index is 1690. The van der Waals surface area contributed by atoms with Crippen molar-refractivity contribution in [3.8, 4) is 22.6 Å². The van der Waals surface area contributed by atoms with Crippen LogP contribution in [0.2, 0.25) is 51.4 Å². The fraction of sp³-hybridized carbons (Fsp3) is 0.579. The molecule has 4 aromatic rings. The van der Waals surface area contributed by atoms with E-state index >= 15 is 0 Å². The number of anilines is 1. The highest BCUT2D eigenvalue weighted by atomic mass is 28.3. The number of hydrogen-bond donors (Lipinski definition) is 1. The number of ether oxygens (including phenoxy) is 3. The Morgan fingerprint density at radius 2 is 1.62 bits per heavy atom. The summed E-state index contributed by atoms with van der Waals surface area (Å²) in [5.41, 5.74) is 5.44. The molecule has 6 rings (SSSR count). The molecule has 0 aliphatic heterocycles. The van der Waals surface area contributed by atoms with Crippen molar-refractivity contribution in [2.75, 3.05) is 38.2 Å². The molecule has 12 heteroatoms. The van der Waals surface area contributed by atoms with E-state index in [2.05, 4.69) is 66.8 Å². The first-order valence-corrected chi connectivity index (χ1v) is 25.9. The number of pyridine rings is 1. The maximum Gasteiger partial charge on any atom is 0.165 e. The van der Waals surface area contributed by atoms with E-state index in [4.69, 9.17) is 29.3 Å². The summed E-state index contributed by atoms with van der Waals surface area (Å²) in [5, 5.41) is 5.03. The molecule has 1 N–H and O–H groups in total. The second kappa shape index (κ2) is 15.5. The minimum absolute atomic E-state index is 0.307. The average Bonchev–Trinajstić information content (AvgIpc) is 3.83. The highest BCUT2D eigenvalue weighted by Gasteiger charge is 2.38. The van der Waals surface area contributed by atoms with Crippen molar-refractivity contribution in [3.05, 3.63) is 54.8 Å². The third-order valence-electron chi connectivity index (χ3n) is 10.1. The van der Waals surface area contributed by atoms with Crippen molar-refractivity contribution < 1.29 is 14.2 Å². The Hall–Kier alpha value is -3.33. The van der Waals surface area contributed by atoms with Crippen molar-refractivity contribution in [1.29, 1.82) is 0 Å². The summed E-state index contributed by atoms with van der Waals surface area (Å²) in [7, 11) is -2.56. The van der Waals surface area contributed by atoms with Gasteiger partial charge in [0.05, 0.1) is 24.1 Å². The number of hydrogen-bond acceptors (Lipinski definition) is 8. The number of fused-ring (bicyclic) bond motifs is 3. The quantitative estimate of drug-likeness (QED) is 0.0501. The predicted molar refractivity (Wildman–Crippen MR) is 208 cm³/mol. The third-order valence-corrected chi connectivity index (χ3v) is 13.5. The molecule has 0 amide bonds. The van der Waals surface area contributed by atoms with Crippen LogP contribution >= 0.6 is 0 Å². The van der Waals surface area contributed by atoms with Crippen LogP contribution in [0.5, 0.6) is 0 Å². The van der Waals surface area contributed by atoms with Gasteiger partial charge in [-0.05, 0) is 56.2 Å². The second-order valence-corrected chi connectivity index (χ2v) is 27.9. The van der Waals surface area contributed by atoms with Crippen LogP contribution in [0.25, 0.3) is 34.1 Å². The third kappa shape index (κ3) is 8.75. The van der Waals surface area contributed by atoms with Gasteiger partial charge in [-0.3, -0.25) is 4.98 Å². The number of H-pyrrole nitrogens is 1. The molecule has 2 saturated carbocycles. The number of aromatic amines is 1. The van der Waals surface area contributed by atoms with E-state index < -0.39 is 16.1 Å². The van der Waals surface area contributed by atoms with Gasteiger partial charge in [0.1, 0.15) is 30.7 Å². The van der Waals surface area contributed by atoms with Crippen LogP contribution in [0.4, 0.5) is 5.82 Å². The number of nitrogens with one attached hydrogen (secondary N) is 1. The molecule has 10 nitrogen and oxygen atoms in total. The maximum atomic E-state index is 6.48.